The zero-order chi connectivity index (χ0) is 27.3. The molecule has 36 heavy (non-hydrogen) atoms. The summed E-state index contributed by atoms with van der Waals surface area (Å²) in [6.07, 6.45) is 1.30. The summed E-state index contributed by atoms with van der Waals surface area (Å²) in [6.45, 7) is 6.85. The molecular formula is C25H33Cl2N3O5S. The fourth-order valence-corrected chi connectivity index (χ4v) is 5.04. The Morgan fingerprint density at radius 1 is 1.11 bits per heavy atom. The molecule has 1 atom stereocenters. The van der Waals surface area contributed by atoms with Gasteiger partial charge in [-0.25, -0.2) is 8.42 Å². The van der Waals surface area contributed by atoms with E-state index in [0.717, 1.165) is 16.1 Å². The number of benzene rings is 2. The molecule has 0 aromatic heterocycles. The van der Waals surface area contributed by atoms with Crippen LogP contribution in [0.5, 0.6) is 5.75 Å². The van der Waals surface area contributed by atoms with Gasteiger partial charge in [0.05, 0.1) is 24.1 Å². The summed E-state index contributed by atoms with van der Waals surface area (Å²) in [4.78, 5) is 28.3. The van der Waals surface area contributed by atoms with Gasteiger partial charge in [-0.3, -0.25) is 13.9 Å². The lowest BCUT2D eigenvalue weighted by Gasteiger charge is -2.34. The topological polar surface area (TPSA) is 96.0 Å². The van der Waals surface area contributed by atoms with Crippen molar-refractivity contribution in [3.8, 4) is 5.75 Å². The van der Waals surface area contributed by atoms with Crippen LogP contribution in [-0.4, -0.2) is 56.6 Å². The van der Waals surface area contributed by atoms with E-state index in [2.05, 4.69) is 5.32 Å². The molecule has 0 aliphatic rings. The van der Waals surface area contributed by atoms with E-state index in [9.17, 15) is 18.0 Å². The van der Waals surface area contributed by atoms with Crippen LogP contribution >= 0.6 is 23.2 Å². The minimum absolute atomic E-state index is 0.0675. The number of amides is 2. The second kappa shape index (κ2) is 12.2. The van der Waals surface area contributed by atoms with E-state index >= 15 is 0 Å². The summed E-state index contributed by atoms with van der Waals surface area (Å²) < 4.78 is 31.6. The van der Waals surface area contributed by atoms with Crippen molar-refractivity contribution in [1.82, 2.24) is 10.2 Å². The summed E-state index contributed by atoms with van der Waals surface area (Å²) in [5, 5.41) is 3.33. The maximum absolute atomic E-state index is 13.7. The van der Waals surface area contributed by atoms with Gasteiger partial charge in [-0.15, -0.1) is 0 Å². The minimum Gasteiger partial charge on any atom is -0.497 e. The third kappa shape index (κ3) is 8.28. The SMILES string of the molecule is CCC(C(=O)NC(C)(C)C)N(Cc1cccc(OC)c1)C(=O)CN(c1ccc(Cl)cc1Cl)S(C)(=O)=O. The van der Waals surface area contributed by atoms with E-state index in [1.54, 1.807) is 25.1 Å². The molecule has 0 fully saturated rings. The third-order valence-corrected chi connectivity index (χ3v) is 6.89. The quantitative estimate of drug-likeness (QED) is 0.464. The average Bonchev–Trinajstić information content (AvgIpc) is 2.76. The fraction of sp³-hybridized carbons (Fsp3) is 0.440. The van der Waals surface area contributed by atoms with E-state index in [1.807, 2.05) is 26.8 Å². The van der Waals surface area contributed by atoms with Crippen molar-refractivity contribution in [1.29, 1.82) is 0 Å². The molecule has 0 saturated heterocycles. The maximum atomic E-state index is 13.7. The molecule has 0 saturated carbocycles. The van der Waals surface area contributed by atoms with Gasteiger partial charge in [0.1, 0.15) is 18.3 Å². The van der Waals surface area contributed by atoms with E-state index in [-0.39, 0.29) is 23.2 Å². The smallest absolute Gasteiger partial charge is 0.244 e. The van der Waals surface area contributed by atoms with E-state index in [4.69, 9.17) is 27.9 Å². The summed E-state index contributed by atoms with van der Waals surface area (Å²) >= 11 is 12.2. The lowest BCUT2D eigenvalue weighted by atomic mass is 10.1. The molecule has 2 amide bonds. The number of ether oxygens (including phenoxy) is 1. The normalized spacial score (nSPS) is 12.6. The van der Waals surface area contributed by atoms with Crippen LogP contribution < -0.4 is 14.4 Å². The second-order valence-electron chi connectivity index (χ2n) is 9.40. The number of methoxy groups -OCH3 is 1. The first-order valence-corrected chi connectivity index (χ1v) is 13.9. The molecule has 2 aromatic carbocycles. The predicted octanol–water partition coefficient (Wildman–Crippen LogP) is 4.49. The predicted molar refractivity (Wildman–Crippen MR) is 144 cm³/mol. The second-order valence-corrected chi connectivity index (χ2v) is 12.2. The van der Waals surface area contributed by atoms with Gasteiger partial charge in [-0.1, -0.05) is 42.3 Å². The van der Waals surface area contributed by atoms with Crippen LogP contribution in [0.1, 0.15) is 39.7 Å². The molecule has 0 radical (unpaired) electrons. The first-order valence-electron chi connectivity index (χ1n) is 11.3. The zero-order valence-corrected chi connectivity index (χ0v) is 23.7. The Hall–Kier alpha value is -2.49. The number of sulfonamides is 1. The average molecular weight is 559 g/mol. The van der Waals surface area contributed by atoms with Crippen LogP contribution in [0.2, 0.25) is 10.0 Å². The Balaban J connectivity index is 2.51. The molecule has 2 rings (SSSR count). The molecule has 0 aliphatic heterocycles. The molecule has 1 unspecified atom stereocenters. The molecular weight excluding hydrogens is 525 g/mol. The Bertz CT molecular complexity index is 1200. The summed E-state index contributed by atoms with van der Waals surface area (Å²) in [6, 6.07) is 10.6. The Kier molecular flexibility index (Phi) is 10.0. The fourth-order valence-electron chi connectivity index (χ4n) is 3.62. The number of rotatable bonds is 10. The highest BCUT2D eigenvalue weighted by molar-refractivity contribution is 7.92. The minimum atomic E-state index is -3.91. The van der Waals surface area contributed by atoms with Crippen LogP contribution in [0.4, 0.5) is 5.69 Å². The largest absolute Gasteiger partial charge is 0.497 e. The van der Waals surface area contributed by atoms with Crippen LogP contribution in [0.15, 0.2) is 42.5 Å². The number of hydrogen-bond donors (Lipinski definition) is 1. The van der Waals surface area contributed by atoms with E-state index in [1.165, 1.54) is 30.2 Å². The van der Waals surface area contributed by atoms with Gasteiger partial charge in [-0.2, -0.15) is 0 Å². The van der Waals surface area contributed by atoms with Crippen molar-refractivity contribution in [2.75, 3.05) is 24.2 Å². The number of carbonyl (C=O) groups excluding carboxylic acids is 2. The van der Waals surface area contributed by atoms with Gasteiger partial charge in [0.25, 0.3) is 0 Å². The number of nitrogens with zero attached hydrogens (tertiary/aromatic N) is 2. The van der Waals surface area contributed by atoms with Gasteiger partial charge < -0.3 is 15.0 Å². The van der Waals surface area contributed by atoms with Crippen molar-refractivity contribution in [3.63, 3.8) is 0 Å². The maximum Gasteiger partial charge on any atom is 0.244 e. The van der Waals surface area contributed by atoms with Crippen molar-refractivity contribution in [3.05, 3.63) is 58.1 Å². The Morgan fingerprint density at radius 3 is 2.31 bits per heavy atom. The Morgan fingerprint density at radius 2 is 1.78 bits per heavy atom. The lowest BCUT2D eigenvalue weighted by molar-refractivity contribution is -0.141. The lowest BCUT2D eigenvalue weighted by Crippen LogP contribution is -2.55. The van der Waals surface area contributed by atoms with Crippen molar-refractivity contribution in [2.24, 2.45) is 0 Å². The van der Waals surface area contributed by atoms with E-state index in [0.29, 0.717) is 17.2 Å². The molecule has 0 bridgehead atoms. The number of hydrogen-bond acceptors (Lipinski definition) is 5. The van der Waals surface area contributed by atoms with Gasteiger partial charge in [-0.05, 0) is 63.1 Å². The van der Waals surface area contributed by atoms with Crippen molar-refractivity contribution in [2.45, 2.75) is 52.2 Å². The van der Waals surface area contributed by atoms with Crippen molar-refractivity contribution < 1.29 is 22.7 Å². The van der Waals surface area contributed by atoms with Crippen LogP contribution in [0.25, 0.3) is 0 Å². The molecule has 0 aliphatic carbocycles. The number of halogens is 2. The number of carbonyl (C=O) groups is 2. The Labute approximate surface area is 223 Å². The molecule has 8 nitrogen and oxygen atoms in total. The summed E-state index contributed by atoms with van der Waals surface area (Å²) in [7, 11) is -2.37. The third-order valence-electron chi connectivity index (χ3n) is 5.23. The number of anilines is 1. The van der Waals surface area contributed by atoms with E-state index < -0.39 is 34.1 Å². The van der Waals surface area contributed by atoms with Crippen LogP contribution in [0.3, 0.4) is 0 Å². The first kappa shape index (κ1) is 29.7. The zero-order valence-electron chi connectivity index (χ0n) is 21.3. The summed E-state index contributed by atoms with van der Waals surface area (Å²) in [5.74, 6) is -0.306. The van der Waals surface area contributed by atoms with Gasteiger partial charge in [0.15, 0.2) is 0 Å². The highest BCUT2D eigenvalue weighted by atomic mass is 35.5. The molecule has 11 heteroatoms. The van der Waals surface area contributed by atoms with Gasteiger partial charge in [0, 0.05) is 17.1 Å². The highest BCUT2D eigenvalue weighted by Gasteiger charge is 2.33. The molecule has 1 N–H and O–H groups in total. The summed E-state index contributed by atoms with van der Waals surface area (Å²) in [5.41, 5.74) is 0.315. The monoisotopic (exact) mass is 557 g/mol. The number of nitrogens with one attached hydrogen (secondary N) is 1. The van der Waals surface area contributed by atoms with Crippen LogP contribution in [0, 0.1) is 0 Å². The molecule has 0 heterocycles. The van der Waals surface area contributed by atoms with Gasteiger partial charge >= 0.3 is 0 Å². The van der Waals surface area contributed by atoms with Gasteiger partial charge in [0.2, 0.25) is 21.8 Å². The highest BCUT2D eigenvalue weighted by Crippen LogP contribution is 2.30. The first-order chi connectivity index (χ1) is 16.7. The molecule has 2 aromatic rings. The van der Waals surface area contributed by atoms with Crippen molar-refractivity contribution >= 4 is 50.7 Å². The standard InChI is InChI=1S/C25H33Cl2N3O5S/c1-7-21(24(32)28-25(2,3)4)29(15-17-9-8-10-19(13-17)35-5)23(31)16-30(36(6,33)34)22-12-11-18(26)14-20(22)27/h8-14,21H,7,15-16H2,1-6H3,(H,28,32). The molecule has 198 valence electrons. The van der Waals surface area contributed by atoms with Crippen LogP contribution in [-0.2, 0) is 26.2 Å². The molecule has 0 spiro atoms.